The van der Waals surface area contributed by atoms with Gasteiger partial charge in [0, 0.05) is 31.4 Å². The molecule has 0 fully saturated rings. The molecule has 0 amide bonds. The minimum atomic E-state index is 0.608. The Labute approximate surface area is 99.8 Å². The second-order valence-corrected chi connectivity index (χ2v) is 3.97. The Morgan fingerprint density at radius 3 is 3.00 bits per heavy atom. The van der Waals surface area contributed by atoms with Gasteiger partial charge in [-0.3, -0.25) is 0 Å². The van der Waals surface area contributed by atoms with Crippen molar-refractivity contribution < 1.29 is 0 Å². The van der Waals surface area contributed by atoms with Crippen LogP contribution in [0.3, 0.4) is 0 Å². The lowest BCUT2D eigenvalue weighted by Crippen LogP contribution is -2.27. The minimum absolute atomic E-state index is 0.608. The monoisotopic (exact) mass is 238 g/mol. The average Bonchev–Trinajstić information content (AvgIpc) is 2.76. The van der Waals surface area contributed by atoms with Crippen LogP contribution in [0.25, 0.3) is 5.52 Å². The topological polar surface area (TPSA) is 33.4 Å². The predicted octanol–water partition coefficient (Wildman–Crippen LogP) is 2.18. The van der Waals surface area contributed by atoms with Crippen LogP contribution in [0.2, 0.25) is 0 Å². The summed E-state index contributed by atoms with van der Waals surface area (Å²) < 4.78 is 1.83. The molecule has 0 aliphatic heterocycles. The van der Waals surface area contributed by atoms with Crippen molar-refractivity contribution in [3.8, 4) is 0 Å². The molecule has 2 aromatic heterocycles. The fourth-order valence-electron chi connectivity index (χ4n) is 1.78. The molecule has 0 saturated heterocycles. The summed E-state index contributed by atoms with van der Waals surface area (Å²) in [6, 6.07) is 1.97. The lowest BCUT2D eigenvalue weighted by atomic mass is 10.3. The molecule has 16 heavy (non-hydrogen) atoms. The normalized spacial score (nSPS) is 10.9. The van der Waals surface area contributed by atoms with E-state index in [9.17, 15) is 0 Å². The Morgan fingerprint density at radius 2 is 2.25 bits per heavy atom. The number of anilines is 1. The second-order valence-electron chi connectivity index (χ2n) is 3.59. The quantitative estimate of drug-likeness (QED) is 0.749. The highest BCUT2D eigenvalue weighted by Gasteiger charge is 2.10. The molecule has 0 aromatic carbocycles. The summed E-state index contributed by atoms with van der Waals surface area (Å²) in [5.41, 5.74) is 1.03. The second kappa shape index (κ2) is 5.16. The smallest absolute Gasteiger partial charge is 0.154 e. The van der Waals surface area contributed by atoms with Crippen molar-refractivity contribution in [3.05, 3.63) is 24.7 Å². The number of rotatable bonds is 5. The van der Waals surface area contributed by atoms with Gasteiger partial charge in [-0.15, -0.1) is 11.6 Å². The first-order valence-corrected chi connectivity index (χ1v) is 5.99. The van der Waals surface area contributed by atoms with Crippen LogP contribution in [0.5, 0.6) is 0 Å². The van der Waals surface area contributed by atoms with Gasteiger partial charge in [0.05, 0.1) is 6.20 Å². The molecule has 86 valence electrons. The predicted molar refractivity (Wildman–Crippen MR) is 66.2 cm³/mol. The lowest BCUT2D eigenvalue weighted by molar-refractivity contribution is 0.778. The summed E-state index contributed by atoms with van der Waals surface area (Å²) in [5, 5.41) is 4.20. The van der Waals surface area contributed by atoms with Crippen molar-refractivity contribution in [2.24, 2.45) is 0 Å². The van der Waals surface area contributed by atoms with Crippen LogP contribution in [0, 0.1) is 0 Å². The van der Waals surface area contributed by atoms with E-state index in [1.165, 1.54) is 0 Å². The van der Waals surface area contributed by atoms with E-state index >= 15 is 0 Å². The Hall–Kier alpha value is -1.29. The van der Waals surface area contributed by atoms with Crippen molar-refractivity contribution in [2.75, 3.05) is 23.9 Å². The fraction of sp³-hybridized carbons (Fsp3) is 0.455. The van der Waals surface area contributed by atoms with Crippen molar-refractivity contribution in [2.45, 2.75) is 13.3 Å². The van der Waals surface area contributed by atoms with Gasteiger partial charge in [-0.2, -0.15) is 5.10 Å². The molecule has 5 heteroatoms. The number of hydrogen-bond donors (Lipinski definition) is 0. The first kappa shape index (κ1) is 11.2. The molecule has 0 bridgehead atoms. The zero-order valence-corrected chi connectivity index (χ0v) is 10.1. The van der Waals surface area contributed by atoms with E-state index in [4.69, 9.17) is 11.6 Å². The van der Waals surface area contributed by atoms with E-state index in [0.29, 0.717) is 5.88 Å². The highest BCUT2D eigenvalue weighted by atomic mass is 35.5. The van der Waals surface area contributed by atoms with E-state index in [-0.39, 0.29) is 0 Å². The van der Waals surface area contributed by atoms with Crippen LogP contribution in [-0.2, 0) is 0 Å². The molecule has 0 aliphatic rings. The summed E-state index contributed by atoms with van der Waals surface area (Å²) in [6.45, 7) is 3.93. The van der Waals surface area contributed by atoms with Gasteiger partial charge in [-0.1, -0.05) is 6.92 Å². The maximum absolute atomic E-state index is 5.82. The third kappa shape index (κ3) is 2.11. The molecule has 4 nitrogen and oxygen atoms in total. The van der Waals surface area contributed by atoms with E-state index in [2.05, 4.69) is 21.9 Å². The van der Waals surface area contributed by atoms with Crippen molar-refractivity contribution >= 4 is 22.9 Å². The standard InChI is InChI=1S/C11H15ClN4/c1-2-7-15(8-4-12)11-10-3-5-14-16(10)9-6-13-11/h3,5-6,9H,2,4,7-8H2,1H3. The Morgan fingerprint density at radius 1 is 1.38 bits per heavy atom. The highest BCUT2D eigenvalue weighted by Crippen LogP contribution is 2.18. The van der Waals surface area contributed by atoms with Crippen LogP contribution in [0.15, 0.2) is 24.7 Å². The van der Waals surface area contributed by atoms with Gasteiger partial charge in [0.15, 0.2) is 5.82 Å². The van der Waals surface area contributed by atoms with Crippen LogP contribution in [-0.4, -0.2) is 33.6 Å². The molecular weight excluding hydrogens is 224 g/mol. The van der Waals surface area contributed by atoms with Gasteiger partial charge in [-0.25, -0.2) is 9.50 Å². The van der Waals surface area contributed by atoms with E-state index < -0.39 is 0 Å². The zero-order chi connectivity index (χ0) is 11.4. The van der Waals surface area contributed by atoms with Crippen LogP contribution in [0.4, 0.5) is 5.82 Å². The third-order valence-corrected chi connectivity index (χ3v) is 2.62. The molecule has 2 heterocycles. The Kier molecular flexibility index (Phi) is 3.62. The summed E-state index contributed by atoms with van der Waals surface area (Å²) >= 11 is 5.82. The van der Waals surface area contributed by atoms with E-state index in [1.54, 1.807) is 12.4 Å². The molecule has 0 saturated carbocycles. The van der Waals surface area contributed by atoms with E-state index in [1.807, 2.05) is 16.8 Å². The maximum Gasteiger partial charge on any atom is 0.154 e. The molecule has 2 rings (SSSR count). The van der Waals surface area contributed by atoms with Gasteiger partial charge in [-0.05, 0) is 12.5 Å². The van der Waals surface area contributed by atoms with E-state index in [0.717, 1.165) is 30.8 Å². The average molecular weight is 239 g/mol. The molecule has 0 unspecified atom stereocenters. The van der Waals surface area contributed by atoms with Gasteiger partial charge >= 0.3 is 0 Å². The Bertz CT molecular complexity index is 448. The lowest BCUT2D eigenvalue weighted by Gasteiger charge is -2.22. The van der Waals surface area contributed by atoms with Crippen molar-refractivity contribution in [1.82, 2.24) is 14.6 Å². The molecule has 0 spiro atoms. The molecule has 0 radical (unpaired) electrons. The molecular formula is C11H15ClN4. The number of nitrogens with zero attached hydrogens (tertiary/aromatic N) is 4. The maximum atomic E-state index is 5.82. The molecule has 0 N–H and O–H groups in total. The molecule has 0 atom stereocenters. The van der Waals surface area contributed by atoms with Crippen LogP contribution < -0.4 is 4.90 Å². The largest absolute Gasteiger partial charge is 0.354 e. The zero-order valence-electron chi connectivity index (χ0n) is 9.30. The van der Waals surface area contributed by atoms with Crippen LogP contribution in [0.1, 0.15) is 13.3 Å². The number of hydrogen-bond acceptors (Lipinski definition) is 3. The van der Waals surface area contributed by atoms with Crippen LogP contribution >= 0.6 is 11.6 Å². The number of halogens is 1. The minimum Gasteiger partial charge on any atom is -0.354 e. The third-order valence-electron chi connectivity index (χ3n) is 2.45. The highest BCUT2D eigenvalue weighted by molar-refractivity contribution is 6.18. The Balaban J connectivity index is 2.38. The SMILES string of the molecule is CCCN(CCCl)c1nccn2nccc12. The summed E-state index contributed by atoms with van der Waals surface area (Å²) in [5.74, 6) is 1.57. The first-order chi connectivity index (χ1) is 7.86. The fourth-order valence-corrected chi connectivity index (χ4v) is 1.99. The van der Waals surface area contributed by atoms with Gasteiger partial charge < -0.3 is 4.90 Å². The first-order valence-electron chi connectivity index (χ1n) is 5.46. The summed E-state index contributed by atoms with van der Waals surface area (Å²) in [7, 11) is 0. The molecule has 0 aliphatic carbocycles. The van der Waals surface area contributed by atoms with Gasteiger partial charge in [0.1, 0.15) is 5.52 Å². The van der Waals surface area contributed by atoms with Gasteiger partial charge in [0.25, 0.3) is 0 Å². The number of aromatic nitrogens is 3. The number of fused-ring (bicyclic) bond motifs is 1. The van der Waals surface area contributed by atoms with Gasteiger partial charge in [0.2, 0.25) is 0 Å². The van der Waals surface area contributed by atoms with Crippen molar-refractivity contribution in [3.63, 3.8) is 0 Å². The number of alkyl halides is 1. The van der Waals surface area contributed by atoms with Crippen molar-refractivity contribution in [1.29, 1.82) is 0 Å². The molecule has 2 aromatic rings. The summed E-state index contributed by atoms with van der Waals surface area (Å²) in [4.78, 5) is 6.62. The summed E-state index contributed by atoms with van der Waals surface area (Å²) in [6.07, 6.45) is 6.48.